The third-order valence-electron chi connectivity index (χ3n) is 3.50. The van der Waals surface area contributed by atoms with Gasteiger partial charge in [0.15, 0.2) is 0 Å². The standard InChI is InChI=1S/C19H15Br/c1-14-7-8-18(13-19(14)20)17-11-9-16(10-12-17)15-5-3-2-4-6-15/h2-13H,1H3. The summed E-state index contributed by atoms with van der Waals surface area (Å²) in [7, 11) is 0. The number of halogens is 1. The minimum Gasteiger partial charge on any atom is -0.0622 e. The lowest BCUT2D eigenvalue weighted by atomic mass is 10.00. The molecule has 0 aromatic heterocycles. The molecule has 98 valence electrons. The fraction of sp³-hybridized carbons (Fsp3) is 0.0526. The molecular formula is C19H15Br. The minimum absolute atomic E-state index is 1.15. The molecule has 0 fully saturated rings. The molecule has 0 N–H and O–H groups in total. The summed E-state index contributed by atoms with van der Waals surface area (Å²) >= 11 is 3.59. The smallest absolute Gasteiger partial charge is 0.0210 e. The van der Waals surface area contributed by atoms with E-state index in [-0.39, 0.29) is 0 Å². The third-order valence-corrected chi connectivity index (χ3v) is 4.35. The molecule has 20 heavy (non-hydrogen) atoms. The first-order chi connectivity index (χ1) is 9.74. The van der Waals surface area contributed by atoms with Crippen molar-refractivity contribution in [3.05, 3.63) is 82.8 Å². The van der Waals surface area contributed by atoms with Crippen molar-refractivity contribution in [3.8, 4) is 22.3 Å². The third kappa shape index (κ3) is 2.68. The zero-order chi connectivity index (χ0) is 13.9. The molecule has 0 bridgehead atoms. The van der Waals surface area contributed by atoms with Crippen LogP contribution in [0.5, 0.6) is 0 Å². The summed E-state index contributed by atoms with van der Waals surface area (Å²) in [5.74, 6) is 0. The van der Waals surface area contributed by atoms with Crippen LogP contribution in [-0.4, -0.2) is 0 Å². The molecule has 0 atom stereocenters. The SMILES string of the molecule is Cc1ccc(-c2ccc(-c3ccccc3)cc2)cc1Br. The zero-order valence-electron chi connectivity index (χ0n) is 11.3. The molecule has 0 spiro atoms. The van der Waals surface area contributed by atoms with E-state index >= 15 is 0 Å². The van der Waals surface area contributed by atoms with Gasteiger partial charge < -0.3 is 0 Å². The Balaban J connectivity index is 1.95. The normalized spacial score (nSPS) is 10.5. The molecule has 0 heterocycles. The maximum Gasteiger partial charge on any atom is 0.0210 e. The van der Waals surface area contributed by atoms with Crippen molar-refractivity contribution < 1.29 is 0 Å². The Morgan fingerprint density at radius 2 is 1.10 bits per heavy atom. The van der Waals surface area contributed by atoms with Crippen LogP contribution >= 0.6 is 15.9 Å². The molecule has 0 radical (unpaired) electrons. The van der Waals surface area contributed by atoms with Gasteiger partial charge in [-0.05, 0) is 40.8 Å². The first-order valence-electron chi connectivity index (χ1n) is 6.66. The van der Waals surface area contributed by atoms with E-state index in [1.807, 2.05) is 6.07 Å². The van der Waals surface area contributed by atoms with Gasteiger partial charge in [0.05, 0.1) is 0 Å². The van der Waals surface area contributed by atoms with Gasteiger partial charge in [0.2, 0.25) is 0 Å². The van der Waals surface area contributed by atoms with Gasteiger partial charge in [0, 0.05) is 4.47 Å². The average Bonchev–Trinajstić information content (AvgIpc) is 2.51. The lowest BCUT2D eigenvalue weighted by Gasteiger charge is -2.06. The van der Waals surface area contributed by atoms with Gasteiger partial charge in [0.1, 0.15) is 0 Å². The van der Waals surface area contributed by atoms with Crippen LogP contribution in [0.1, 0.15) is 5.56 Å². The Hall–Kier alpha value is -1.86. The quantitative estimate of drug-likeness (QED) is 0.535. The Morgan fingerprint density at radius 3 is 1.70 bits per heavy atom. The van der Waals surface area contributed by atoms with Crippen molar-refractivity contribution >= 4 is 15.9 Å². The molecule has 0 amide bonds. The summed E-state index contributed by atoms with van der Waals surface area (Å²) in [6, 6.07) is 25.7. The van der Waals surface area contributed by atoms with Gasteiger partial charge in [-0.2, -0.15) is 0 Å². The van der Waals surface area contributed by atoms with Gasteiger partial charge >= 0.3 is 0 Å². The van der Waals surface area contributed by atoms with Crippen molar-refractivity contribution in [2.24, 2.45) is 0 Å². The number of aryl methyl sites for hydroxylation is 1. The van der Waals surface area contributed by atoms with Gasteiger partial charge in [-0.1, -0.05) is 82.7 Å². The first-order valence-corrected chi connectivity index (χ1v) is 7.45. The molecule has 0 aliphatic carbocycles. The van der Waals surface area contributed by atoms with E-state index in [1.165, 1.54) is 27.8 Å². The van der Waals surface area contributed by atoms with Crippen molar-refractivity contribution in [2.75, 3.05) is 0 Å². The number of rotatable bonds is 2. The maximum absolute atomic E-state index is 3.59. The van der Waals surface area contributed by atoms with Gasteiger partial charge in [-0.3, -0.25) is 0 Å². The fourth-order valence-corrected chi connectivity index (χ4v) is 2.64. The average molecular weight is 323 g/mol. The van der Waals surface area contributed by atoms with E-state index in [0.29, 0.717) is 0 Å². The Kier molecular flexibility index (Phi) is 3.70. The molecule has 0 nitrogen and oxygen atoms in total. The fourth-order valence-electron chi connectivity index (χ4n) is 2.26. The zero-order valence-corrected chi connectivity index (χ0v) is 12.9. The molecule has 3 aromatic rings. The Labute approximate surface area is 128 Å². The van der Waals surface area contributed by atoms with E-state index < -0.39 is 0 Å². The van der Waals surface area contributed by atoms with Crippen LogP contribution in [0.3, 0.4) is 0 Å². The number of hydrogen-bond acceptors (Lipinski definition) is 0. The molecular weight excluding hydrogens is 308 g/mol. The van der Waals surface area contributed by atoms with Crippen LogP contribution in [0, 0.1) is 6.92 Å². The maximum atomic E-state index is 3.59. The topological polar surface area (TPSA) is 0 Å². The Bertz CT molecular complexity index is 713. The second kappa shape index (κ2) is 5.64. The monoisotopic (exact) mass is 322 g/mol. The first kappa shape index (κ1) is 13.1. The molecule has 1 heteroatoms. The molecule has 0 aliphatic rings. The summed E-state index contributed by atoms with van der Waals surface area (Å²) in [6.45, 7) is 2.10. The highest BCUT2D eigenvalue weighted by Crippen LogP contribution is 2.28. The summed E-state index contributed by atoms with van der Waals surface area (Å²) < 4.78 is 1.15. The van der Waals surface area contributed by atoms with Crippen molar-refractivity contribution in [2.45, 2.75) is 6.92 Å². The summed E-state index contributed by atoms with van der Waals surface area (Å²) in [6.07, 6.45) is 0. The van der Waals surface area contributed by atoms with Crippen molar-refractivity contribution in [1.29, 1.82) is 0 Å². The van der Waals surface area contributed by atoms with Crippen LogP contribution in [-0.2, 0) is 0 Å². The highest BCUT2D eigenvalue weighted by Gasteiger charge is 2.02. The lowest BCUT2D eigenvalue weighted by molar-refractivity contribution is 1.43. The van der Waals surface area contributed by atoms with E-state index in [9.17, 15) is 0 Å². The second-order valence-corrected chi connectivity index (χ2v) is 5.76. The summed E-state index contributed by atoms with van der Waals surface area (Å²) in [5, 5.41) is 0. The molecule has 0 saturated heterocycles. The van der Waals surface area contributed by atoms with Crippen molar-refractivity contribution in [3.63, 3.8) is 0 Å². The van der Waals surface area contributed by atoms with Crippen LogP contribution < -0.4 is 0 Å². The van der Waals surface area contributed by atoms with Gasteiger partial charge in [-0.15, -0.1) is 0 Å². The highest BCUT2D eigenvalue weighted by molar-refractivity contribution is 9.10. The van der Waals surface area contributed by atoms with Gasteiger partial charge in [0.25, 0.3) is 0 Å². The van der Waals surface area contributed by atoms with Crippen LogP contribution in [0.2, 0.25) is 0 Å². The van der Waals surface area contributed by atoms with E-state index in [1.54, 1.807) is 0 Å². The highest BCUT2D eigenvalue weighted by atomic mass is 79.9. The molecule has 0 saturated carbocycles. The van der Waals surface area contributed by atoms with E-state index in [0.717, 1.165) is 4.47 Å². The largest absolute Gasteiger partial charge is 0.0622 e. The van der Waals surface area contributed by atoms with Crippen LogP contribution in [0.4, 0.5) is 0 Å². The molecule has 0 unspecified atom stereocenters. The summed E-state index contributed by atoms with van der Waals surface area (Å²) in [5.41, 5.74) is 6.24. The minimum atomic E-state index is 1.15. The predicted molar refractivity (Wildman–Crippen MR) is 89.8 cm³/mol. The number of hydrogen-bond donors (Lipinski definition) is 0. The van der Waals surface area contributed by atoms with Gasteiger partial charge in [-0.25, -0.2) is 0 Å². The number of benzene rings is 3. The molecule has 3 rings (SSSR count). The van der Waals surface area contributed by atoms with Crippen molar-refractivity contribution in [1.82, 2.24) is 0 Å². The Morgan fingerprint density at radius 1 is 0.600 bits per heavy atom. The van der Waals surface area contributed by atoms with E-state index in [2.05, 4.69) is 89.6 Å². The molecule has 3 aromatic carbocycles. The second-order valence-electron chi connectivity index (χ2n) is 4.91. The molecule has 0 aliphatic heterocycles. The lowest BCUT2D eigenvalue weighted by Crippen LogP contribution is -1.82. The van der Waals surface area contributed by atoms with Crippen LogP contribution in [0.25, 0.3) is 22.3 Å². The predicted octanol–water partition coefficient (Wildman–Crippen LogP) is 6.09. The van der Waals surface area contributed by atoms with E-state index in [4.69, 9.17) is 0 Å². The van der Waals surface area contributed by atoms with Crippen LogP contribution in [0.15, 0.2) is 77.3 Å². The summed E-state index contributed by atoms with van der Waals surface area (Å²) in [4.78, 5) is 0.